The van der Waals surface area contributed by atoms with Crippen molar-refractivity contribution in [3.8, 4) is 28.1 Å². The lowest BCUT2D eigenvalue weighted by atomic mass is 9.91. The van der Waals surface area contributed by atoms with E-state index < -0.39 is 24.3 Å². The third-order valence-electron chi connectivity index (χ3n) is 14.4. The minimum atomic E-state index is -0.819. The average Bonchev–Trinajstić information content (AvgIpc) is 3.88. The van der Waals surface area contributed by atoms with Gasteiger partial charge in [0.2, 0.25) is 11.8 Å². The lowest BCUT2D eigenvalue weighted by Crippen LogP contribution is -2.53. The summed E-state index contributed by atoms with van der Waals surface area (Å²) in [6, 6.07) is 12.3. The third kappa shape index (κ3) is 8.63. The van der Waals surface area contributed by atoms with Gasteiger partial charge in [-0.1, -0.05) is 70.2 Å². The van der Waals surface area contributed by atoms with E-state index >= 15 is 0 Å². The number of hydrogen-bond acceptors (Lipinski definition) is 10. The molecule has 4 aliphatic rings. The van der Waals surface area contributed by atoms with Crippen LogP contribution in [-0.2, 0) is 30.4 Å². The number of benzene rings is 3. The third-order valence-corrected chi connectivity index (χ3v) is 14.4. The Morgan fingerprint density at radius 1 is 0.940 bits per heavy atom. The maximum absolute atomic E-state index is 14.5. The predicted molar refractivity (Wildman–Crippen MR) is 253 cm³/mol. The Morgan fingerprint density at radius 3 is 2.42 bits per heavy atom. The Balaban J connectivity index is 0.978. The van der Waals surface area contributed by atoms with E-state index in [4.69, 9.17) is 28.9 Å². The zero-order chi connectivity index (χ0) is 47.3. The molecule has 2 aliphatic carbocycles. The van der Waals surface area contributed by atoms with Gasteiger partial charge in [-0.3, -0.25) is 9.59 Å². The largest absolute Gasteiger partial charge is 0.488 e. The van der Waals surface area contributed by atoms with Crippen LogP contribution in [0.1, 0.15) is 76.8 Å². The fraction of sp³-hybridized carbons (Fsp3) is 0.451. The first kappa shape index (κ1) is 45.5. The number of fused-ring (bicyclic) bond motifs is 6. The van der Waals surface area contributed by atoms with Crippen LogP contribution in [-0.4, -0.2) is 106 Å². The van der Waals surface area contributed by atoms with E-state index in [0.29, 0.717) is 56.1 Å². The molecule has 1 saturated heterocycles. The minimum Gasteiger partial charge on any atom is -0.488 e. The molecule has 4 N–H and O–H groups in total. The first-order valence-electron chi connectivity index (χ1n) is 23.2. The highest BCUT2D eigenvalue weighted by Gasteiger charge is 2.52. The summed E-state index contributed by atoms with van der Waals surface area (Å²) in [5, 5.41) is 7.50. The summed E-state index contributed by atoms with van der Waals surface area (Å²) in [6.45, 7) is 11.4. The highest BCUT2D eigenvalue weighted by atomic mass is 16.5. The maximum atomic E-state index is 14.5. The Bertz CT molecular complexity index is 2770. The van der Waals surface area contributed by atoms with Gasteiger partial charge >= 0.3 is 12.2 Å². The molecule has 352 valence electrons. The second-order valence-corrected chi connectivity index (χ2v) is 18.9. The van der Waals surface area contributed by atoms with Crippen LogP contribution in [0.4, 0.5) is 9.59 Å². The van der Waals surface area contributed by atoms with Crippen molar-refractivity contribution in [2.45, 2.75) is 84.3 Å². The van der Waals surface area contributed by atoms with Crippen molar-refractivity contribution in [3.63, 3.8) is 0 Å². The monoisotopic (exact) mass is 912 g/mol. The van der Waals surface area contributed by atoms with E-state index in [1.54, 1.807) is 13.3 Å². The molecule has 2 aliphatic heterocycles. The quantitative estimate of drug-likeness (QED) is 0.0900. The number of nitrogens with one attached hydrogen (secondary N) is 4. The molecular weight excluding hydrogens is 853 g/mol. The topological polar surface area (TPSA) is 193 Å². The van der Waals surface area contributed by atoms with Gasteiger partial charge in [0.1, 0.15) is 36.1 Å². The number of hydrogen-bond donors (Lipinski definition) is 4. The van der Waals surface area contributed by atoms with Crippen LogP contribution in [0, 0.1) is 29.6 Å². The molecule has 16 nitrogen and oxygen atoms in total. The van der Waals surface area contributed by atoms with E-state index in [1.165, 1.54) is 14.2 Å². The number of allylic oxidation sites excluding steroid dienone is 3. The standard InChI is InChI=1S/C51H60N8O8/c1-26(2)42(56-50(62)65-7)49(61)59(45-27(3)28(45)4)29(5)46-52-22-39(54-46)33-14-16-35-34(19-33)25-67-41-21-36-32(20-37(35)41)15-17-38-44(36)55-47(53-38)40-18-30(24-64-6)23-58(40)48(60)43(57-51(63)66-8)31-12-10-9-11-13-31/h9-12,14-17,19-22,26-31,40,42-43,45H,13,18,23-25H2,1-8H3,(H,52,54)(H,53,55)(H,56,62)(H,57,63). The first-order valence-corrected chi connectivity index (χ1v) is 23.2. The van der Waals surface area contributed by atoms with Crippen molar-refractivity contribution in [2.75, 3.05) is 34.5 Å². The summed E-state index contributed by atoms with van der Waals surface area (Å²) < 4.78 is 21.8. The Kier molecular flexibility index (Phi) is 12.6. The Hall–Kier alpha value is -6.68. The molecule has 0 bridgehead atoms. The van der Waals surface area contributed by atoms with Gasteiger partial charge in [-0.05, 0) is 83.9 Å². The smallest absolute Gasteiger partial charge is 0.407 e. The van der Waals surface area contributed by atoms with Gasteiger partial charge in [-0.2, -0.15) is 0 Å². The molecular formula is C51H60N8O8. The number of aromatic amines is 2. The highest BCUT2D eigenvalue weighted by molar-refractivity contribution is 6.07. The summed E-state index contributed by atoms with van der Waals surface area (Å²) in [5.41, 5.74) is 6.45. The van der Waals surface area contributed by atoms with Crippen LogP contribution in [0.3, 0.4) is 0 Å². The molecule has 0 spiro atoms. The number of H-pyrrole nitrogens is 2. The summed E-state index contributed by atoms with van der Waals surface area (Å²) >= 11 is 0. The number of rotatable bonds is 13. The Morgan fingerprint density at radius 2 is 1.72 bits per heavy atom. The van der Waals surface area contributed by atoms with Gasteiger partial charge < -0.3 is 49.3 Å². The molecule has 67 heavy (non-hydrogen) atoms. The van der Waals surface area contributed by atoms with Crippen molar-refractivity contribution in [1.82, 2.24) is 40.4 Å². The highest BCUT2D eigenvalue weighted by Crippen LogP contribution is 2.47. The molecule has 1 saturated carbocycles. The summed E-state index contributed by atoms with van der Waals surface area (Å²) in [4.78, 5) is 74.2. The molecule has 8 unspecified atom stereocenters. The minimum absolute atomic E-state index is 0.0142. The number of methoxy groups -OCH3 is 3. The fourth-order valence-electron chi connectivity index (χ4n) is 10.4. The van der Waals surface area contributed by atoms with Crippen LogP contribution in [0.2, 0.25) is 0 Å². The van der Waals surface area contributed by atoms with Gasteiger partial charge in [0.25, 0.3) is 0 Å². The van der Waals surface area contributed by atoms with Crippen LogP contribution in [0.25, 0.3) is 44.2 Å². The number of amides is 4. The van der Waals surface area contributed by atoms with Crippen LogP contribution in [0.15, 0.2) is 73.0 Å². The number of nitrogens with zero attached hydrogens (tertiary/aromatic N) is 4. The van der Waals surface area contributed by atoms with Gasteiger partial charge in [-0.25, -0.2) is 19.6 Å². The molecule has 8 atom stereocenters. The number of carbonyl (C=O) groups excluding carboxylic acids is 4. The number of aromatic nitrogens is 4. The zero-order valence-electron chi connectivity index (χ0n) is 39.3. The van der Waals surface area contributed by atoms with Crippen molar-refractivity contribution in [3.05, 3.63) is 90.2 Å². The number of ether oxygens (including phenoxy) is 4. The van der Waals surface area contributed by atoms with Crippen LogP contribution >= 0.6 is 0 Å². The number of carbonyl (C=O) groups is 4. The van der Waals surface area contributed by atoms with Crippen molar-refractivity contribution < 1.29 is 38.1 Å². The second kappa shape index (κ2) is 18.5. The lowest BCUT2D eigenvalue weighted by Gasteiger charge is -2.34. The molecule has 0 radical (unpaired) electrons. The number of imidazole rings is 2. The van der Waals surface area contributed by atoms with Crippen LogP contribution in [0.5, 0.6) is 5.75 Å². The normalized spacial score (nSPS) is 23.0. The summed E-state index contributed by atoms with van der Waals surface area (Å²) in [5.74, 6) is 2.03. The number of likely N-dealkylation sites (tertiary alicyclic amines) is 1. The maximum Gasteiger partial charge on any atom is 0.407 e. The van der Waals surface area contributed by atoms with E-state index in [1.807, 2.05) is 60.9 Å². The van der Waals surface area contributed by atoms with Gasteiger partial charge in [0.05, 0.1) is 55.8 Å². The van der Waals surface area contributed by atoms with Gasteiger partial charge in [-0.15, -0.1) is 0 Å². The molecule has 2 fully saturated rings. The van der Waals surface area contributed by atoms with Gasteiger partial charge in [0.15, 0.2) is 0 Å². The average molecular weight is 913 g/mol. The fourth-order valence-corrected chi connectivity index (χ4v) is 10.4. The second-order valence-electron chi connectivity index (χ2n) is 18.9. The molecule has 16 heteroatoms. The van der Waals surface area contributed by atoms with E-state index in [-0.39, 0.29) is 47.7 Å². The van der Waals surface area contributed by atoms with Crippen molar-refractivity contribution >= 4 is 45.8 Å². The molecule has 4 amide bonds. The Labute approximate surface area is 389 Å². The summed E-state index contributed by atoms with van der Waals surface area (Å²) in [6.07, 6.45) is 9.55. The molecule has 9 rings (SSSR count). The van der Waals surface area contributed by atoms with Crippen molar-refractivity contribution in [1.29, 1.82) is 0 Å². The number of alkyl carbamates (subject to hydrolysis) is 2. The molecule has 5 aromatic rings. The van der Waals surface area contributed by atoms with E-state index in [0.717, 1.165) is 55.5 Å². The first-order chi connectivity index (χ1) is 32.3. The predicted octanol–water partition coefficient (Wildman–Crippen LogP) is 7.98. The van der Waals surface area contributed by atoms with E-state index in [2.05, 4.69) is 70.8 Å². The van der Waals surface area contributed by atoms with Gasteiger partial charge in [0, 0.05) is 42.5 Å². The lowest BCUT2D eigenvalue weighted by molar-refractivity contribution is -0.138. The molecule has 3 aromatic carbocycles. The van der Waals surface area contributed by atoms with E-state index in [9.17, 15) is 19.2 Å². The molecule has 2 aromatic heterocycles. The van der Waals surface area contributed by atoms with Crippen molar-refractivity contribution in [2.24, 2.45) is 29.6 Å². The zero-order valence-corrected chi connectivity index (χ0v) is 39.3. The SMILES string of the molecule is COCC1CC(c2nc3c(ccc4cc5c(cc43)OCc3cc(-c4cnc(C(C)N(C(=O)C(NC(=O)OC)C(C)C)C6C(C)C6C)[nH]4)ccc3-5)[nH]2)N(C(=O)C(NC(=O)OC)C2C=CC=CC2)C1. The summed E-state index contributed by atoms with van der Waals surface area (Å²) in [7, 11) is 4.26. The van der Waals surface area contributed by atoms with Crippen LogP contribution < -0.4 is 15.4 Å². The molecule has 4 heterocycles.